The van der Waals surface area contributed by atoms with Crippen LogP contribution in [0, 0.1) is 0 Å². The summed E-state index contributed by atoms with van der Waals surface area (Å²) in [7, 11) is 1.66. The van der Waals surface area contributed by atoms with Gasteiger partial charge in [0.2, 0.25) is 5.89 Å². The molecule has 0 bridgehead atoms. The molecule has 0 saturated carbocycles. The zero-order valence-electron chi connectivity index (χ0n) is 11.8. The van der Waals surface area contributed by atoms with Gasteiger partial charge in [-0.1, -0.05) is 6.07 Å². The van der Waals surface area contributed by atoms with Crippen LogP contribution in [0.2, 0.25) is 0 Å². The molecule has 110 valence electrons. The first-order valence-corrected chi connectivity index (χ1v) is 7.38. The molecule has 0 spiro atoms. The fraction of sp³-hybridized carbons (Fsp3) is 0.500. The summed E-state index contributed by atoms with van der Waals surface area (Å²) in [6, 6.07) is 3.95. The number of nitrogens with zero attached hydrogens (tertiary/aromatic N) is 1. The highest BCUT2D eigenvalue weighted by atomic mass is 32.1. The first-order chi connectivity index (χ1) is 9.67. The fourth-order valence-corrected chi connectivity index (χ4v) is 2.64. The Balaban J connectivity index is 1.96. The van der Waals surface area contributed by atoms with E-state index in [1.54, 1.807) is 24.7 Å². The van der Waals surface area contributed by atoms with Crippen LogP contribution >= 0.6 is 11.3 Å². The summed E-state index contributed by atoms with van der Waals surface area (Å²) in [5.74, 6) is 0.646. The summed E-state index contributed by atoms with van der Waals surface area (Å²) in [6.07, 6.45) is 2.28. The van der Waals surface area contributed by atoms with Crippen molar-refractivity contribution in [3.05, 3.63) is 29.5 Å². The summed E-state index contributed by atoms with van der Waals surface area (Å²) in [5.41, 5.74) is 0.569. The molecule has 0 saturated heterocycles. The van der Waals surface area contributed by atoms with Crippen molar-refractivity contribution in [2.24, 2.45) is 0 Å². The lowest BCUT2D eigenvalue weighted by atomic mass is 9.99. The van der Waals surface area contributed by atoms with E-state index in [4.69, 9.17) is 14.3 Å². The van der Waals surface area contributed by atoms with E-state index in [-0.39, 0.29) is 12.1 Å². The van der Waals surface area contributed by atoms with Gasteiger partial charge in [-0.05, 0) is 24.8 Å². The number of aromatic nitrogens is 1. The molecular formula is C14H20N2O3S. The van der Waals surface area contributed by atoms with Crippen LogP contribution in [0.4, 0.5) is 0 Å². The minimum Gasteiger partial charge on any atom is -0.444 e. The molecule has 5 nitrogen and oxygen atoms in total. The zero-order chi connectivity index (χ0) is 14.4. The molecule has 2 rings (SSSR count). The van der Waals surface area contributed by atoms with Crippen molar-refractivity contribution in [1.82, 2.24) is 10.3 Å². The molecule has 0 aliphatic heterocycles. The predicted molar refractivity (Wildman–Crippen MR) is 78.6 cm³/mol. The van der Waals surface area contributed by atoms with Crippen LogP contribution in [0.3, 0.4) is 0 Å². The second kappa shape index (κ2) is 6.99. The molecule has 2 aromatic rings. The second-order valence-corrected chi connectivity index (χ2v) is 5.89. The third kappa shape index (κ3) is 3.89. The Bertz CT molecular complexity index is 504. The maximum atomic E-state index is 9.13. The van der Waals surface area contributed by atoms with E-state index in [2.05, 4.69) is 10.3 Å². The summed E-state index contributed by atoms with van der Waals surface area (Å²) >= 11 is 1.60. The quantitative estimate of drug-likeness (QED) is 0.782. The molecule has 0 aliphatic carbocycles. The highest BCUT2D eigenvalue weighted by Gasteiger charge is 2.23. The first-order valence-electron chi connectivity index (χ1n) is 6.50. The van der Waals surface area contributed by atoms with Crippen molar-refractivity contribution in [3.63, 3.8) is 0 Å². The van der Waals surface area contributed by atoms with Gasteiger partial charge < -0.3 is 19.6 Å². The Labute approximate surface area is 122 Å². The minimum atomic E-state index is -0.272. The van der Waals surface area contributed by atoms with Gasteiger partial charge in [0.25, 0.3) is 0 Å². The normalized spacial score (nSPS) is 14.3. The van der Waals surface area contributed by atoms with Crippen molar-refractivity contribution >= 4 is 11.3 Å². The van der Waals surface area contributed by atoms with Crippen LogP contribution in [-0.4, -0.2) is 36.0 Å². The average molecular weight is 296 g/mol. The smallest absolute Gasteiger partial charge is 0.236 e. The average Bonchev–Trinajstić information content (AvgIpc) is 3.08. The summed E-state index contributed by atoms with van der Waals surface area (Å²) < 4.78 is 10.7. The monoisotopic (exact) mass is 296 g/mol. The lowest BCUT2D eigenvalue weighted by Gasteiger charge is -2.29. The maximum Gasteiger partial charge on any atom is 0.236 e. The van der Waals surface area contributed by atoms with Gasteiger partial charge in [-0.3, -0.25) is 0 Å². The third-order valence-electron chi connectivity index (χ3n) is 3.11. The Kier molecular flexibility index (Phi) is 5.31. The fourth-order valence-electron chi connectivity index (χ4n) is 1.98. The first kappa shape index (κ1) is 15.2. The van der Waals surface area contributed by atoms with E-state index < -0.39 is 0 Å². The van der Waals surface area contributed by atoms with E-state index in [1.165, 1.54) is 0 Å². The van der Waals surface area contributed by atoms with E-state index >= 15 is 0 Å². The molecule has 0 radical (unpaired) electrons. The number of hydrogen-bond acceptors (Lipinski definition) is 6. The van der Waals surface area contributed by atoms with Gasteiger partial charge in [0, 0.05) is 25.8 Å². The van der Waals surface area contributed by atoms with Crippen molar-refractivity contribution in [2.45, 2.75) is 25.4 Å². The highest BCUT2D eigenvalue weighted by Crippen LogP contribution is 2.23. The van der Waals surface area contributed by atoms with Gasteiger partial charge >= 0.3 is 0 Å². The highest BCUT2D eigenvalue weighted by molar-refractivity contribution is 7.13. The third-order valence-corrected chi connectivity index (χ3v) is 3.96. The molecule has 2 N–H and O–H groups in total. The van der Waals surface area contributed by atoms with Crippen LogP contribution in [0.1, 0.15) is 19.0 Å². The van der Waals surface area contributed by atoms with Crippen LogP contribution in [-0.2, 0) is 11.3 Å². The second-order valence-electron chi connectivity index (χ2n) is 4.94. The van der Waals surface area contributed by atoms with Gasteiger partial charge in [0.15, 0.2) is 0 Å². The lowest BCUT2D eigenvalue weighted by Crippen LogP contribution is -2.46. The molecule has 20 heavy (non-hydrogen) atoms. The van der Waals surface area contributed by atoms with Crippen LogP contribution in [0.15, 0.2) is 28.2 Å². The number of oxazole rings is 1. The Morgan fingerprint density at radius 1 is 1.55 bits per heavy atom. The van der Waals surface area contributed by atoms with Crippen LogP contribution in [0.25, 0.3) is 10.8 Å². The molecule has 0 amide bonds. The van der Waals surface area contributed by atoms with Crippen LogP contribution in [0.5, 0.6) is 0 Å². The van der Waals surface area contributed by atoms with Crippen molar-refractivity contribution in [3.8, 4) is 10.8 Å². The topological polar surface area (TPSA) is 67.5 Å². The van der Waals surface area contributed by atoms with Gasteiger partial charge in [-0.15, -0.1) is 11.3 Å². The van der Waals surface area contributed by atoms with E-state index in [0.717, 1.165) is 10.6 Å². The Morgan fingerprint density at radius 3 is 3.05 bits per heavy atom. The molecule has 6 heteroatoms. The minimum absolute atomic E-state index is 0.117. The van der Waals surface area contributed by atoms with Gasteiger partial charge in [0.1, 0.15) is 6.26 Å². The lowest BCUT2D eigenvalue weighted by molar-refractivity contribution is 0.0967. The molecular weight excluding hydrogens is 276 g/mol. The Hall–Kier alpha value is -1.21. The van der Waals surface area contributed by atoms with Gasteiger partial charge in [-0.25, -0.2) is 4.98 Å². The van der Waals surface area contributed by atoms with E-state index in [0.29, 0.717) is 25.5 Å². The molecule has 2 aromatic heterocycles. The predicted octanol–water partition coefficient (Wildman–Crippen LogP) is 2.28. The van der Waals surface area contributed by atoms with E-state index in [9.17, 15) is 0 Å². The standard InChI is InChI=1S/C14H20N2O3S/c1-14(5-6-17,10-18-2)15-8-11-9-19-13(16-11)12-4-3-7-20-12/h3-4,7,9,15,17H,5-6,8,10H2,1-2H3. The molecule has 2 heterocycles. The summed E-state index contributed by atoms with van der Waals surface area (Å²) in [6.45, 7) is 3.25. The SMILES string of the molecule is COCC(C)(CCO)NCc1coc(-c2cccs2)n1. The molecule has 1 unspecified atom stereocenters. The number of nitrogens with one attached hydrogen (secondary N) is 1. The summed E-state index contributed by atoms with van der Waals surface area (Å²) in [5, 5.41) is 14.5. The van der Waals surface area contributed by atoms with Crippen molar-refractivity contribution in [1.29, 1.82) is 0 Å². The number of methoxy groups -OCH3 is 1. The maximum absolute atomic E-state index is 9.13. The van der Waals surface area contributed by atoms with Gasteiger partial charge in [0.05, 0.1) is 17.2 Å². The van der Waals surface area contributed by atoms with Crippen molar-refractivity contribution < 1.29 is 14.3 Å². The number of hydrogen-bond donors (Lipinski definition) is 2. The van der Waals surface area contributed by atoms with Crippen molar-refractivity contribution in [2.75, 3.05) is 20.3 Å². The molecule has 0 fully saturated rings. The number of rotatable bonds is 8. The number of thiophene rings is 1. The van der Waals surface area contributed by atoms with Crippen LogP contribution < -0.4 is 5.32 Å². The molecule has 0 aromatic carbocycles. The largest absolute Gasteiger partial charge is 0.444 e. The molecule has 0 aliphatic rings. The summed E-state index contributed by atoms with van der Waals surface area (Å²) in [4.78, 5) is 5.47. The van der Waals surface area contributed by atoms with Gasteiger partial charge in [-0.2, -0.15) is 0 Å². The Morgan fingerprint density at radius 2 is 2.40 bits per heavy atom. The van der Waals surface area contributed by atoms with E-state index in [1.807, 2.05) is 24.4 Å². The number of ether oxygens (including phenoxy) is 1. The number of aliphatic hydroxyl groups is 1. The zero-order valence-corrected chi connectivity index (χ0v) is 12.6. The molecule has 1 atom stereocenters. The number of aliphatic hydroxyl groups excluding tert-OH is 1.